The van der Waals surface area contributed by atoms with Crippen LogP contribution in [0.2, 0.25) is 0 Å². The van der Waals surface area contributed by atoms with E-state index in [-0.39, 0.29) is 29.7 Å². The third-order valence-corrected chi connectivity index (χ3v) is 6.20. The monoisotopic (exact) mass is 478 g/mol. The number of benzene rings is 2. The molecule has 0 saturated carbocycles. The Bertz CT molecular complexity index is 1120. The van der Waals surface area contributed by atoms with E-state index < -0.39 is 0 Å². The van der Waals surface area contributed by atoms with Gasteiger partial charge in [0.25, 0.3) is 5.91 Å². The van der Waals surface area contributed by atoms with Gasteiger partial charge in [-0.05, 0) is 55.2 Å². The van der Waals surface area contributed by atoms with E-state index in [9.17, 15) is 14.0 Å². The summed E-state index contributed by atoms with van der Waals surface area (Å²) in [5, 5.41) is 2.86. The van der Waals surface area contributed by atoms with Crippen molar-refractivity contribution in [3.63, 3.8) is 0 Å². The van der Waals surface area contributed by atoms with Crippen molar-refractivity contribution in [1.29, 1.82) is 0 Å². The van der Waals surface area contributed by atoms with Crippen molar-refractivity contribution >= 4 is 17.5 Å². The average Bonchev–Trinajstić information content (AvgIpc) is 3.55. The molecule has 9 heteroatoms. The zero-order valence-corrected chi connectivity index (χ0v) is 19.8. The van der Waals surface area contributed by atoms with Crippen LogP contribution >= 0.6 is 0 Å². The largest absolute Gasteiger partial charge is 0.342 e. The second kappa shape index (κ2) is 11.7. The molecule has 1 fully saturated rings. The van der Waals surface area contributed by atoms with Gasteiger partial charge in [-0.15, -0.1) is 0 Å². The number of nitrogens with zero attached hydrogens (tertiary/aromatic N) is 3. The van der Waals surface area contributed by atoms with Crippen LogP contribution in [0.25, 0.3) is 0 Å². The average molecular weight is 479 g/mol. The van der Waals surface area contributed by atoms with Crippen molar-refractivity contribution in [2.24, 2.45) is 0 Å². The first kappa shape index (κ1) is 24.6. The zero-order valence-electron chi connectivity index (χ0n) is 19.8. The summed E-state index contributed by atoms with van der Waals surface area (Å²) in [7, 11) is 1.79. The molecule has 0 bridgehead atoms. The van der Waals surface area contributed by atoms with E-state index in [0.29, 0.717) is 30.8 Å². The van der Waals surface area contributed by atoms with Gasteiger partial charge in [0.2, 0.25) is 5.91 Å². The summed E-state index contributed by atoms with van der Waals surface area (Å²) in [5.74, 6) is -0.433. The lowest BCUT2D eigenvalue weighted by Gasteiger charge is -2.19. The van der Waals surface area contributed by atoms with E-state index in [2.05, 4.69) is 21.2 Å². The van der Waals surface area contributed by atoms with Crippen LogP contribution in [0.1, 0.15) is 47.6 Å². The minimum Gasteiger partial charge on any atom is -0.342 e. The van der Waals surface area contributed by atoms with E-state index in [1.165, 1.54) is 12.1 Å². The summed E-state index contributed by atoms with van der Waals surface area (Å²) in [5.41, 5.74) is 8.78. The normalized spacial score (nSPS) is 17.3. The third kappa shape index (κ3) is 6.97. The summed E-state index contributed by atoms with van der Waals surface area (Å²) < 4.78 is 15.0. The molecule has 2 heterocycles. The first-order chi connectivity index (χ1) is 17.0. The number of halogens is 1. The lowest BCUT2D eigenvalue weighted by molar-refractivity contribution is -0.116. The predicted molar refractivity (Wildman–Crippen MR) is 132 cm³/mol. The molecule has 8 nitrogen and oxygen atoms in total. The number of amides is 2. The fourth-order valence-electron chi connectivity index (χ4n) is 4.23. The maximum absolute atomic E-state index is 13.1. The van der Waals surface area contributed by atoms with Crippen LogP contribution in [-0.2, 0) is 11.3 Å². The number of hydrogen-bond donors (Lipinski definition) is 3. The van der Waals surface area contributed by atoms with Gasteiger partial charge in [0.05, 0.1) is 6.33 Å². The molecule has 4 rings (SSSR count). The van der Waals surface area contributed by atoms with Crippen molar-refractivity contribution in [1.82, 2.24) is 25.3 Å². The Labute approximate surface area is 204 Å². The summed E-state index contributed by atoms with van der Waals surface area (Å²) in [6, 6.07) is 14.0. The minimum absolute atomic E-state index is 0.0822. The molecule has 2 unspecified atom stereocenters. The van der Waals surface area contributed by atoms with Crippen LogP contribution in [0.3, 0.4) is 0 Å². The van der Waals surface area contributed by atoms with Gasteiger partial charge in [-0.1, -0.05) is 18.2 Å². The molecule has 1 aromatic heterocycles. The second-order valence-corrected chi connectivity index (χ2v) is 8.87. The molecule has 2 amide bonds. The van der Waals surface area contributed by atoms with Crippen LogP contribution in [0.15, 0.2) is 67.3 Å². The lowest BCUT2D eigenvalue weighted by atomic mass is 9.99. The number of hydrogen-bond acceptors (Lipinski definition) is 5. The fraction of sp³-hybridized carbons (Fsp3) is 0.346. The standard InChI is InChI=1S/C26H31FN6O2/c1-32(13-3-6-23-17-24(31-30-23)19-7-9-21(27)10-8-19)26(35)20-4-2-5-22(16-20)29-25(34)11-14-33-15-12-28-18-33/h2,4-5,7-10,12,15-16,18,23-24,30-31H,3,6,11,13-14,17H2,1H3,(H,29,34). The van der Waals surface area contributed by atoms with Gasteiger partial charge >= 0.3 is 0 Å². The molecule has 1 aliphatic rings. The number of nitrogens with one attached hydrogen (secondary N) is 3. The highest BCUT2D eigenvalue weighted by molar-refractivity contribution is 5.97. The van der Waals surface area contributed by atoms with Crippen molar-refractivity contribution in [2.45, 2.75) is 44.3 Å². The highest BCUT2D eigenvalue weighted by Crippen LogP contribution is 2.24. The first-order valence-electron chi connectivity index (χ1n) is 11.9. The fourth-order valence-corrected chi connectivity index (χ4v) is 4.23. The van der Waals surface area contributed by atoms with Crippen LogP contribution < -0.4 is 16.2 Å². The molecular weight excluding hydrogens is 447 g/mol. The molecule has 2 atom stereocenters. The van der Waals surface area contributed by atoms with Crippen molar-refractivity contribution in [2.75, 3.05) is 18.9 Å². The molecule has 0 aliphatic carbocycles. The van der Waals surface area contributed by atoms with Gasteiger partial charge in [0.1, 0.15) is 5.82 Å². The number of aryl methyl sites for hydroxylation is 1. The molecule has 35 heavy (non-hydrogen) atoms. The van der Waals surface area contributed by atoms with Gasteiger partial charge < -0.3 is 14.8 Å². The highest BCUT2D eigenvalue weighted by atomic mass is 19.1. The Morgan fingerprint density at radius 3 is 2.80 bits per heavy atom. The first-order valence-corrected chi connectivity index (χ1v) is 11.9. The van der Waals surface area contributed by atoms with Gasteiger partial charge in [0, 0.05) is 62.3 Å². The van der Waals surface area contributed by atoms with Crippen molar-refractivity contribution in [3.05, 3.63) is 84.2 Å². The summed E-state index contributed by atoms with van der Waals surface area (Å²) >= 11 is 0. The maximum Gasteiger partial charge on any atom is 0.253 e. The van der Waals surface area contributed by atoms with E-state index in [0.717, 1.165) is 24.8 Å². The Morgan fingerprint density at radius 1 is 1.20 bits per heavy atom. The van der Waals surface area contributed by atoms with Crippen LogP contribution in [0.5, 0.6) is 0 Å². The molecule has 1 saturated heterocycles. The number of rotatable bonds is 10. The summed E-state index contributed by atoms with van der Waals surface area (Å²) in [6.45, 7) is 1.17. The van der Waals surface area contributed by atoms with Crippen LogP contribution in [-0.4, -0.2) is 45.9 Å². The Hall–Kier alpha value is -3.56. The maximum atomic E-state index is 13.1. The number of anilines is 1. The SMILES string of the molecule is CN(CCCC1CC(c2ccc(F)cc2)NN1)C(=O)c1cccc(NC(=O)CCn2ccnc2)c1. The van der Waals surface area contributed by atoms with Gasteiger partial charge in [0.15, 0.2) is 0 Å². The quantitative estimate of drug-likeness (QED) is 0.415. The van der Waals surface area contributed by atoms with Crippen LogP contribution in [0.4, 0.5) is 10.1 Å². The topological polar surface area (TPSA) is 91.3 Å². The van der Waals surface area contributed by atoms with Gasteiger partial charge in [-0.25, -0.2) is 9.37 Å². The van der Waals surface area contributed by atoms with Crippen molar-refractivity contribution < 1.29 is 14.0 Å². The number of hydrazine groups is 1. The van der Waals surface area contributed by atoms with E-state index in [1.54, 1.807) is 60.9 Å². The highest BCUT2D eigenvalue weighted by Gasteiger charge is 2.25. The zero-order chi connectivity index (χ0) is 24.6. The van der Waals surface area contributed by atoms with E-state index in [4.69, 9.17) is 0 Å². The molecule has 1 aliphatic heterocycles. The number of carbonyl (C=O) groups is 2. The van der Waals surface area contributed by atoms with Gasteiger partial charge in [-0.2, -0.15) is 0 Å². The summed E-state index contributed by atoms with van der Waals surface area (Å²) in [6.07, 6.45) is 8.15. The lowest BCUT2D eigenvalue weighted by Crippen LogP contribution is -2.32. The number of aromatic nitrogens is 2. The van der Waals surface area contributed by atoms with E-state index in [1.807, 2.05) is 10.8 Å². The van der Waals surface area contributed by atoms with E-state index >= 15 is 0 Å². The minimum atomic E-state index is -0.234. The Kier molecular flexibility index (Phi) is 8.23. The van der Waals surface area contributed by atoms with Crippen LogP contribution in [0, 0.1) is 5.82 Å². The molecule has 3 aromatic rings. The molecule has 3 N–H and O–H groups in total. The Morgan fingerprint density at radius 2 is 2.03 bits per heavy atom. The summed E-state index contributed by atoms with van der Waals surface area (Å²) in [4.78, 5) is 30.8. The predicted octanol–water partition coefficient (Wildman–Crippen LogP) is 3.51. The second-order valence-electron chi connectivity index (χ2n) is 8.87. The van der Waals surface area contributed by atoms with Crippen molar-refractivity contribution in [3.8, 4) is 0 Å². The smallest absolute Gasteiger partial charge is 0.253 e. The molecule has 184 valence electrons. The third-order valence-electron chi connectivity index (χ3n) is 6.20. The number of carbonyl (C=O) groups excluding carboxylic acids is 2. The number of imidazole rings is 1. The Balaban J connectivity index is 1.20. The molecule has 0 spiro atoms. The molecular formula is C26H31FN6O2. The molecule has 2 aromatic carbocycles. The van der Waals surface area contributed by atoms with Gasteiger partial charge in [-0.3, -0.25) is 20.4 Å². The molecule has 0 radical (unpaired) electrons.